The van der Waals surface area contributed by atoms with Gasteiger partial charge in [-0.05, 0) is 13.8 Å². The van der Waals surface area contributed by atoms with Crippen LogP contribution in [-0.2, 0) is 9.53 Å². The van der Waals surface area contributed by atoms with Crippen molar-refractivity contribution >= 4 is 29.3 Å². The summed E-state index contributed by atoms with van der Waals surface area (Å²) >= 11 is 1.18. The van der Waals surface area contributed by atoms with E-state index in [1.165, 1.54) is 17.8 Å². The summed E-state index contributed by atoms with van der Waals surface area (Å²) < 4.78 is 4.90. The molecule has 2 rings (SSSR count). The number of carbonyl (C=O) groups is 3. The normalized spacial score (nSPS) is 11.0. The molecule has 0 saturated heterocycles. The molecule has 0 amide bonds. The molecule has 0 aliphatic heterocycles. The number of esters is 1. The van der Waals surface area contributed by atoms with Gasteiger partial charge in [-0.2, -0.15) is 0 Å². The van der Waals surface area contributed by atoms with Crippen LogP contribution in [0.1, 0.15) is 33.2 Å². The lowest BCUT2D eigenvalue weighted by atomic mass is 10.1. The maximum absolute atomic E-state index is 12.5. The molecule has 0 radical (unpaired) electrons. The quantitative estimate of drug-likeness (QED) is 0.374. The lowest BCUT2D eigenvalue weighted by molar-refractivity contribution is -0.141. The van der Waals surface area contributed by atoms with Crippen LogP contribution in [0.2, 0.25) is 0 Å². The molecule has 5 nitrogen and oxygen atoms in total. The fourth-order valence-electron chi connectivity index (χ4n) is 2.29. The summed E-state index contributed by atoms with van der Waals surface area (Å²) in [6.07, 6.45) is 1.41. The van der Waals surface area contributed by atoms with Crippen molar-refractivity contribution in [3.05, 3.63) is 82.4 Å². The standard InChI is InChI=1S/C22H23NO4S/c1-3-27-22(26)14-23-21(13-19(24)18-11-9-16(2)10-12-18)28-15-20(25)17-7-5-4-6-8-17/h4-13,23H,3,14-15H2,1-2H3/b21-13-. The molecule has 0 saturated carbocycles. The van der Waals surface area contributed by atoms with Gasteiger partial charge >= 0.3 is 5.97 Å². The number of ketones is 2. The molecule has 146 valence electrons. The van der Waals surface area contributed by atoms with Crippen molar-refractivity contribution < 1.29 is 19.1 Å². The molecule has 28 heavy (non-hydrogen) atoms. The minimum Gasteiger partial charge on any atom is -0.465 e. The van der Waals surface area contributed by atoms with Gasteiger partial charge in [0.15, 0.2) is 11.6 Å². The lowest BCUT2D eigenvalue weighted by Gasteiger charge is -2.10. The summed E-state index contributed by atoms with van der Waals surface area (Å²) in [5.41, 5.74) is 2.20. The number of nitrogens with one attached hydrogen (secondary N) is 1. The van der Waals surface area contributed by atoms with Gasteiger partial charge in [-0.15, -0.1) is 11.8 Å². The number of rotatable bonds is 10. The summed E-state index contributed by atoms with van der Waals surface area (Å²) in [4.78, 5) is 36.5. The highest BCUT2D eigenvalue weighted by Crippen LogP contribution is 2.17. The molecule has 0 atom stereocenters. The molecule has 0 aliphatic carbocycles. The zero-order valence-corrected chi connectivity index (χ0v) is 16.8. The summed E-state index contributed by atoms with van der Waals surface area (Å²) in [6, 6.07) is 16.1. The van der Waals surface area contributed by atoms with Gasteiger partial charge < -0.3 is 10.1 Å². The van der Waals surface area contributed by atoms with Crippen LogP contribution < -0.4 is 5.32 Å². The van der Waals surface area contributed by atoms with E-state index in [0.29, 0.717) is 16.2 Å². The fourth-order valence-corrected chi connectivity index (χ4v) is 3.10. The van der Waals surface area contributed by atoms with Crippen molar-refractivity contribution in [2.45, 2.75) is 13.8 Å². The Hall–Kier alpha value is -2.86. The van der Waals surface area contributed by atoms with Crippen LogP contribution in [0.15, 0.2) is 65.7 Å². The van der Waals surface area contributed by atoms with E-state index < -0.39 is 5.97 Å². The Morgan fingerprint density at radius 3 is 2.32 bits per heavy atom. The minimum atomic E-state index is -0.425. The highest BCUT2D eigenvalue weighted by Gasteiger charge is 2.11. The average molecular weight is 397 g/mol. The van der Waals surface area contributed by atoms with Crippen LogP contribution in [-0.4, -0.2) is 36.4 Å². The van der Waals surface area contributed by atoms with Gasteiger partial charge in [-0.25, -0.2) is 0 Å². The van der Waals surface area contributed by atoms with Crippen LogP contribution in [0.4, 0.5) is 0 Å². The molecule has 0 unspecified atom stereocenters. The fraction of sp³-hybridized carbons (Fsp3) is 0.227. The summed E-state index contributed by atoms with van der Waals surface area (Å²) in [5, 5.41) is 3.35. The van der Waals surface area contributed by atoms with Crippen LogP contribution in [0, 0.1) is 6.92 Å². The first-order chi connectivity index (χ1) is 13.5. The van der Waals surface area contributed by atoms with Crippen molar-refractivity contribution in [3.63, 3.8) is 0 Å². The minimum absolute atomic E-state index is 0.0581. The van der Waals surface area contributed by atoms with E-state index in [-0.39, 0.29) is 30.5 Å². The smallest absolute Gasteiger partial charge is 0.325 e. The van der Waals surface area contributed by atoms with Crippen LogP contribution >= 0.6 is 11.8 Å². The van der Waals surface area contributed by atoms with Gasteiger partial charge in [0.2, 0.25) is 0 Å². The number of allylic oxidation sites excluding steroid dienone is 1. The maximum atomic E-state index is 12.5. The first kappa shape index (κ1) is 21.4. The third-order valence-electron chi connectivity index (χ3n) is 3.77. The number of carbonyl (C=O) groups excluding carboxylic acids is 3. The highest BCUT2D eigenvalue weighted by molar-refractivity contribution is 8.03. The Morgan fingerprint density at radius 2 is 1.68 bits per heavy atom. The summed E-state index contributed by atoms with van der Waals surface area (Å²) in [7, 11) is 0. The number of ether oxygens (including phenoxy) is 1. The number of aryl methyl sites for hydroxylation is 1. The number of thioether (sulfide) groups is 1. The van der Waals surface area contributed by atoms with Gasteiger partial charge in [0, 0.05) is 17.2 Å². The molecule has 0 aromatic heterocycles. The third kappa shape index (κ3) is 7.04. The Labute approximate surface area is 169 Å². The predicted molar refractivity (Wildman–Crippen MR) is 111 cm³/mol. The van der Waals surface area contributed by atoms with Gasteiger partial charge in [0.25, 0.3) is 0 Å². The monoisotopic (exact) mass is 397 g/mol. The largest absolute Gasteiger partial charge is 0.465 e. The van der Waals surface area contributed by atoms with Crippen molar-refractivity contribution in [1.29, 1.82) is 0 Å². The van der Waals surface area contributed by atoms with E-state index in [4.69, 9.17) is 4.74 Å². The molecule has 0 fully saturated rings. The Bertz CT molecular complexity index is 845. The second-order valence-corrected chi connectivity index (χ2v) is 6.99. The van der Waals surface area contributed by atoms with E-state index in [2.05, 4.69) is 5.32 Å². The molecule has 2 aromatic rings. The number of hydrogen-bond donors (Lipinski definition) is 1. The molecular weight excluding hydrogens is 374 g/mol. The Balaban J connectivity index is 2.09. The highest BCUT2D eigenvalue weighted by atomic mass is 32.2. The van der Waals surface area contributed by atoms with Crippen molar-refractivity contribution in [2.75, 3.05) is 18.9 Å². The predicted octanol–water partition coefficient (Wildman–Crippen LogP) is 3.79. The van der Waals surface area contributed by atoms with E-state index in [9.17, 15) is 14.4 Å². The maximum Gasteiger partial charge on any atom is 0.325 e. The van der Waals surface area contributed by atoms with E-state index in [1.54, 1.807) is 43.3 Å². The van der Waals surface area contributed by atoms with E-state index in [0.717, 1.165) is 5.56 Å². The Morgan fingerprint density at radius 1 is 1.00 bits per heavy atom. The summed E-state index contributed by atoms with van der Waals surface area (Å²) in [5.74, 6) is -0.540. The van der Waals surface area contributed by atoms with Crippen molar-refractivity contribution in [3.8, 4) is 0 Å². The zero-order chi connectivity index (χ0) is 20.4. The molecule has 6 heteroatoms. The first-order valence-corrected chi connectivity index (χ1v) is 9.91. The second kappa shape index (κ2) is 11.1. The van der Waals surface area contributed by atoms with Crippen LogP contribution in [0.3, 0.4) is 0 Å². The molecule has 0 bridgehead atoms. The summed E-state index contributed by atoms with van der Waals surface area (Å²) in [6.45, 7) is 3.87. The van der Waals surface area contributed by atoms with Crippen molar-refractivity contribution in [2.24, 2.45) is 0 Å². The van der Waals surface area contributed by atoms with Gasteiger partial charge in [0.05, 0.1) is 17.4 Å². The third-order valence-corrected chi connectivity index (χ3v) is 4.74. The van der Waals surface area contributed by atoms with Crippen LogP contribution in [0.25, 0.3) is 0 Å². The Kier molecular flexibility index (Phi) is 8.49. The van der Waals surface area contributed by atoms with Gasteiger partial charge in [-0.3, -0.25) is 14.4 Å². The van der Waals surface area contributed by atoms with E-state index >= 15 is 0 Å². The van der Waals surface area contributed by atoms with Crippen LogP contribution in [0.5, 0.6) is 0 Å². The second-order valence-electron chi connectivity index (χ2n) is 5.98. The number of Topliss-reactive ketones (excluding diaryl/α,β-unsaturated/α-hetero) is 1. The molecule has 2 aromatic carbocycles. The van der Waals surface area contributed by atoms with Crippen molar-refractivity contribution in [1.82, 2.24) is 5.32 Å². The lowest BCUT2D eigenvalue weighted by Crippen LogP contribution is -2.24. The van der Waals surface area contributed by atoms with E-state index in [1.807, 2.05) is 25.1 Å². The topological polar surface area (TPSA) is 72.5 Å². The zero-order valence-electron chi connectivity index (χ0n) is 15.9. The van der Waals surface area contributed by atoms with Gasteiger partial charge in [0.1, 0.15) is 6.54 Å². The number of benzene rings is 2. The SMILES string of the molecule is CCOC(=O)CN/C(=C/C(=O)c1ccc(C)cc1)SCC(=O)c1ccccc1. The molecule has 0 heterocycles. The first-order valence-electron chi connectivity index (χ1n) is 8.93. The molecule has 0 spiro atoms. The molecular formula is C22H23NO4S. The molecule has 1 N–H and O–H groups in total. The average Bonchev–Trinajstić information content (AvgIpc) is 2.71. The number of hydrogen-bond acceptors (Lipinski definition) is 6. The van der Waals surface area contributed by atoms with Gasteiger partial charge in [-0.1, -0.05) is 60.2 Å². The molecule has 0 aliphatic rings.